The molecule has 1 aliphatic heterocycles. The molecule has 9 heteroatoms. The summed E-state index contributed by atoms with van der Waals surface area (Å²) in [5.74, 6) is -0.498. The molecule has 9 nitrogen and oxygen atoms in total. The van der Waals surface area contributed by atoms with Crippen molar-refractivity contribution in [2.75, 3.05) is 40.4 Å². The van der Waals surface area contributed by atoms with E-state index in [9.17, 15) is 19.7 Å². The Morgan fingerprint density at radius 3 is 2.52 bits per heavy atom. The summed E-state index contributed by atoms with van der Waals surface area (Å²) < 4.78 is 5.54. The summed E-state index contributed by atoms with van der Waals surface area (Å²) in [6, 6.07) is 4.66. The van der Waals surface area contributed by atoms with Crippen LogP contribution in [-0.4, -0.2) is 67.1 Å². The van der Waals surface area contributed by atoms with Gasteiger partial charge in [0.05, 0.1) is 17.7 Å². The van der Waals surface area contributed by atoms with Crippen molar-refractivity contribution >= 4 is 11.8 Å². The first-order valence-corrected chi connectivity index (χ1v) is 6.95. The third-order valence-corrected chi connectivity index (χ3v) is 3.26. The molecule has 0 radical (unpaired) electrons. The van der Waals surface area contributed by atoms with Crippen LogP contribution in [0.4, 0.5) is 0 Å². The van der Waals surface area contributed by atoms with E-state index in [-0.39, 0.29) is 24.3 Å². The normalized spacial score (nSPS) is 13.4. The first-order chi connectivity index (χ1) is 10.9. The summed E-state index contributed by atoms with van der Waals surface area (Å²) in [7, 11) is 3.83. The van der Waals surface area contributed by atoms with Crippen LogP contribution < -0.4 is 4.74 Å². The molecular formula is C14H17N3O6. The average molecular weight is 323 g/mol. The van der Waals surface area contributed by atoms with Crippen LogP contribution in [0, 0.1) is 10.1 Å². The number of carbonyl (C=O) groups excluding carboxylic acids is 2. The number of nitrogens with zero attached hydrogens (tertiary/aromatic N) is 3. The number of hydrogen-bond donors (Lipinski definition) is 0. The molecule has 1 heterocycles. The zero-order chi connectivity index (χ0) is 17.0. The van der Waals surface area contributed by atoms with Gasteiger partial charge in [-0.25, -0.2) is 0 Å². The van der Waals surface area contributed by atoms with Crippen molar-refractivity contribution in [3.8, 4) is 5.75 Å². The molecule has 0 atom stereocenters. The molecule has 1 aliphatic rings. The molecular weight excluding hydrogens is 306 g/mol. The second-order valence-electron chi connectivity index (χ2n) is 5.18. The summed E-state index contributed by atoms with van der Waals surface area (Å²) in [5.41, 5.74) is 0.495. The molecule has 0 spiro atoms. The SMILES string of the molecule is CN(C)CCOc1ccc2c(c1)C(=O)N(CCO[N+](=O)[O-])C2=O. The predicted octanol–water partition coefficient (Wildman–Crippen LogP) is 0.431. The summed E-state index contributed by atoms with van der Waals surface area (Å²) in [5, 5.41) is 9.16. The average Bonchev–Trinajstić information content (AvgIpc) is 2.71. The molecule has 1 aromatic carbocycles. The zero-order valence-corrected chi connectivity index (χ0v) is 12.9. The van der Waals surface area contributed by atoms with Gasteiger partial charge in [-0.05, 0) is 32.3 Å². The highest BCUT2D eigenvalue weighted by Gasteiger charge is 2.35. The molecule has 0 aliphatic carbocycles. The summed E-state index contributed by atoms with van der Waals surface area (Å²) in [6.45, 7) is 0.636. The number of amides is 2. The fraction of sp³-hybridized carbons (Fsp3) is 0.429. The monoisotopic (exact) mass is 323 g/mol. The Kier molecular flexibility index (Phi) is 5.12. The molecule has 0 aromatic heterocycles. The van der Waals surface area contributed by atoms with Crippen molar-refractivity contribution in [2.24, 2.45) is 0 Å². The fourth-order valence-electron chi connectivity index (χ4n) is 2.12. The Hall–Kier alpha value is -2.68. The maximum Gasteiger partial charge on any atom is 0.294 e. The highest BCUT2D eigenvalue weighted by atomic mass is 16.9. The predicted molar refractivity (Wildman–Crippen MR) is 78.8 cm³/mol. The minimum absolute atomic E-state index is 0.176. The van der Waals surface area contributed by atoms with E-state index in [1.54, 1.807) is 6.07 Å². The molecule has 23 heavy (non-hydrogen) atoms. The van der Waals surface area contributed by atoms with Gasteiger partial charge in [0, 0.05) is 6.54 Å². The molecule has 124 valence electrons. The van der Waals surface area contributed by atoms with Crippen LogP contribution in [-0.2, 0) is 4.84 Å². The van der Waals surface area contributed by atoms with E-state index in [1.807, 2.05) is 19.0 Å². The number of likely N-dealkylation sites (N-methyl/N-ethyl adjacent to an activating group) is 1. The van der Waals surface area contributed by atoms with Crippen molar-refractivity contribution in [3.63, 3.8) is 0 Å². The van der Waals surface area contributed by atoms with E-state index in [4.69, 9.17) is 4.74 Å². The highest BCUT2D eigenvalue weighted by Crippen LogP contribution is 2.26. The first-order valence-electron chi connectivity index (χ1n) is 6.95. The van der Waals surface area contributed by atoms with Crippen molar-refractivity contribution in [2.45, 2.75) is 0 Å². The van der Waals surface area contributed by atoms with Gasteiger partial charge in [-0.15, -0.1) is 10.1 Å². The number of ether oxygens (including phenoxy) is 1. The number of carbonyl (C=O) groups is 2. The van der Waals surface area contributed by atoms with Crippen molar-refractivity contribution in [1.29, 1.82) is 0 Å². The van der Waals surface area contributed by atoms with Gasteiger partial charge in [0.25, 0.3) is 16.9 Å². The second-order valence-corrected chi connectivity index (χ2v) is 5.18. The fourth-order valence-corrected chi connectivity index (χ4v) is 2.12. The number of imide groups is 1. The van der Waals surface area contributed by atoms with Crippen LogP contribution >= 0.6 is 0 Å². The van der Waals surface area contributed by atoms with E-state index in [0.29, 0.717) is 18.9 Å². The van der Waals surface area contributed by atoms with Gasteiger partial charge in [0.1, 0.15) is 19.0 Å². The molecule has 2 rings (SSSR count). The Morgan fingerprint density at radius 1 is 1.17 bits per heavy atom. The lowest BCUT2D eigenvalue weighted by molar-refractivity contribution is -0.757. The lowest BCUT2D eigenvalue weighted by atomic mass is 10.1. The van der Waals surface area contributed by atoms with Gasteiger partial charge >= 0.3 is 0 Å². The Bertz CT molecular complexity index is 631. The van der Waals surface area contributed by atoms with Crippen LogP contribution in [0.2, 0.25) is 0 Å². The number of benzene rings is 1. The molecule has 0 fully saturated rings. The molecule has 2 amide bonds. The zero-order valence-electron chi connectivity index (χ0n) is 12.9. The Labute approximate surface area is 132 Å². The minimum Gasteiger partial charge on any atom is -0.492 e. The van der Waals surface area contributed by atoms with Gasteiger partial charge in [-0.2, -0.15) is 0 Å². The molecule has 0 bridgehead atoms. The minimum atomic E-state index is -0.963. The third kappa shape index (κ3) is 3.95. The lowest BCUT2D eigenvalue weighted by Gasteiger charge is -2.12. The maximum absolute atomic E-state index is 12.2. The van der Waals surface area contributed by atoms with Gasteiger partial charge in [-0.1, -0.05) is 0 Å². The topological polar surface area (TPSA) is 102 Å². The quantitative estimate of drug-likeness (QED) is 0.388. The Balaban J connectivity index is 2.04. The Morgan fingerprint density at radius 2 is 1.87 bits per heavy atom. The van der Waals surface area contributed by atoms with Crippen LogP contribution in [0.5, 0.6) is 5.75 Å². The number of fused-ring (bicyclic) bond motifs is 1. The standard InChI is InChI=1S/C14H17N3O6/c1-15(2)5-7-22-10-3-4-11-12(9-10)14(19)16(13(11)18)6-8-23-17(20)21/h3-4,9H,5-8H2,1-2H3. The number of hydrogen-bond acceptors (Lipinski definition) is 7. The lowest BCUT2D eigenvalue weighted by Crippen LogP contribution is -2.33. The smallest absolute Gasteiger partial charge is 0.294 e. The summed E-state index contributed by atoms with van der Waals surface area (Å²) in [6.07, 6.45) is 0. The van der Waals surface area contributed by atoms with E-state index in [2.05, 4.69) is 4.84 Å². The molecule has 0 saturated carbocycles. The van der Waals surface area contributed by atoms with Crippen LogP contribution in [0.1, 0.15) is 20.7 Å². The maximum atomic E-state index is 12.2. The highest BCUT2D eigenvalue weighted by molar-refractivity contribution is 6.21. The van der Waals surface area contributed by atoms with Crippen LogP contribution in [0.3, 0.4) is 0 Å². The second kappa shape index (κ2) is 7.05. The van der Waals surface area contributed by atoms with Crippen molar-refractivity contribution in [1.82, 2.24) is 9.80 Å². The van der Waals surface area contributed by atoms with Crippen LogP contribution in [0.15, 0.2) is 18.2 Å². The van der Waals surface area contributed by atoms with Gasteiger partial charge < -0.3 is 14.5 Å². The molecule has 1 aromatic rings. The number of rotatable bonds is 8. The first kappa shape index (κ1) is 16.7. The van der Waals surface area contributed by atoms with Gasteiger partial charge in [-0.3, -0.25) is 14.5 Å². The molecule has 0 saturated heterocycles. The van der Waals surface area contributed by atoms with Gasteiger partial charge in [0.15, 0.2) is 0 Å². The summed E-state index contributed by atoms with van der Waals surface area (Å²) >= 11 is 0. The van der Waals surface area contributed by atoms with E-state index < -0.39 is 16.9 Å². The van der Waals surface area contributed by atoms with E-state index in [1.165, 1.54) is 12.1 Å². The largest absolute Gasteiger partial charge is 0.492 e. The van der Waals surface area contributed by atoms with Crippen molar-refractivity contribution < 1.29 is 24.3 Å². The third-order valence-electron chi connectivity index (χ3n) is 3.26. The van der Waals surface area contributed by atoms with E-state index in [0.717, 1.165) is 4.90 Å². The summed E-state index contributed by atoms with van der Waals surface area (Å²) in [4.78, 5) is 41.5. The van der Waals surface area contributed by atoms with Gasteiger partial charge in [0.2, 0.25) is 0 Å². The van der Waals surface area contributed by atoms with Crippen LogP contribution in [0.25, 0.3) is 0 Å². The van der Waals surface area contributed by atoms with Crippen molar-refractivity contribution in [3.05, 3.63) is 39.4 Å². The molecule has 0 N–H and O–H groups in total. The molecule has 0 unspecified atom stereocenters. The van der Waals surface area contributed by atoms with E-state index >= 15 is 0 Å².